The minimum atomic E-state index is -0.424. The van der Waals surface area contributed by atoms with Gasteiger partial charge in [-0.3, -0.25) is 10.1 Å². The van der Waals surface area contributed by atoms with Crippen molar-refractivity contribution < 1.29 is 4.92 Å². The Bertz CT molecular complexity index is 739. The lowest BCUT2D eigenvalue weighted by atomic mass is 10.2. The Morgan fingerprint density at radius 2 is 1.90 bits per heavy atom. The molecule has 0 bridgehead atoms. The van der Waals surface area contributed by atoms with Gasteiger partial charge in [-0.05, 0) is 29.6 Å². The first-order valence-corrected chi connectivity index (χ1v) is 6.74. The number of nitro groups is 1. The number of hydrogen-bond donors (Lipinski definition) is 0. The number of hydrogen-bond acceptors (Lipinski definition) is 5. The van der Waals surface area contributed by atoms with E-state index in [-0.39, 0.29) is 5.69 Å². The average Bonchev–Trinajstić information content (AvgIpc) is 3.02. The summed E-state index contributed by atoms with van der Waals surface area (Å²) in [6.07, 6.45) is 1.69. The van der Waals surface area contributed by atoms with Crippen LogP contribution < -0.4 is 0 Å². The number of rotatable bonds is 3. The van der Waals surface area contributed by atoms with Crippen LogP contribution in [0.4, 0.5) is 5.69 Å². The molecule has 0 atom stereocenters. The van der Waals surface area contributed by atoms with Crippen LogP contribution in [0, 0.1) is 10.1 Å². The highest BCUT2D eigenvalue weighted by Crippen LogP contribution is 2.25. The van der Waals surface area contributed by atoms with Crippen LogP contribution >= 0.6 is 11.3 Å². The predicted octanol–water partition coefficient (Wildman–Crippen LogP) is 3.78. The van der Waals surface area contributed by atoms with Crippen molar-refractivity contribution in [1.82, 2.24) is 9.97 Å². The summed E-state index contributed by atoms with van der Waals surface area (Å²) in [5.41, 5.74) is 1.67. The zero-order chi connectivity index (χ0) is 13.9. The lowest BCUT2D eigenvalue weighted by Crippen LogP contribution is -1.91. The highest BCUT2D eigenvalue weighted by molar-refractivity contribution is 7.13. The maximum absolute atomic E-state index is 10.6. The molecule has 0 amide bonds. The highest BCUT2D eigenvalue weighted by Gasteiger charge is 2.08. The number of thiophene rings is 1. The van der Waals surface area contributed by atoms with Gasteiger partial charge >= 0.3 is 0 Å². The van der Waals surface area contributed by atoms with Gasteiger partial charge in [0.2, 0.25) is 0 Å². The smallest absolute Gasteiger partial charge is 0.258 e. The summed E-state index contributed by atoms with van der Waals surface area (Å²) >= 11 is 1.61. The van der Waals surface area contributed by atoms with E-state index in [0.717, 1.165) is 16.1 Å². The summed E-state index contributed by atoms with van der Waals surface area (Å²) in [5.74, 6) is 0.561. The third-order valence-corrected chi connectivity index (χ3v) is 3.66. The molecule has 5 nitrogen and oxygen atoms in total. The molecule has 20 heavy (non-hydrogen) atoms. The van der Waals surface area contributed by atoms with Crippen molar-refractivity contribution in [3.8, 4) is 22.0 Å². The van der Waals surface area contributed by atoms with Gasteiger partial charge in [-0.25, -0.2) is 9.97 Å². The molecule has 0 spiro atoms. The van der Waals surface area contributed by atoms with Crippen LogP contribution in [0.5, 0.6) is 0 Å². The van der Waals surface area contributed by atoms with Crippen LogP contribution in [0.2, 0.25) is 0 Å². The van der Waals surface area contributed by atoms with E-state index in [9.17, 15) is 10.1 Å². The van der Waals surface area contributed by atoms with E-state index < -0.39 is 4.92 Å². The van der Waals surface area contributed by atoms with Crippen LogP contribution in [-0.4, -0.2) is 14.9 Å². The van der Waals surface area contributed by atoms with Gasteiger partial charge < -0.3 is 0 Å². The van der Waals surface area contributed by atoms with Crippen molar-refractivity contribution in [2.45, 2.75) is 0 Å². The molecule has 2 heterocycles. The van der Waals surface area contributed by atoms with Gasteiger partial charge in [0, 0.05) is 23.9 Å². The second kappa shape index (κ2) is 5.18. The summed E-state index contributed by atoms with van der Waals surface area (Å²) in [7, 11) is 0. The van der Waals surface area contributed by atoms with E-state index in [2.05, 4.69) is 9.97 Å². The summed E-state index contributed by atoms with van der Waals surface area (Å²) in [6, 6.07) is 12.0. The highest BCUT2D eigenvalue weighted by atomic mass is 32.1. The fourth-order valence-electron chi connectivity index (χ4n) is 1.79. The molecular weight excluding hydrogens is 274 g/mol. The van der Waals surface area contributed by atoms with Crippen molar-refractivity contribution in [2.75, 3.05) is 0 Å². The molecule has 6 heteroatoms. The summed E-state index contributed by atoms with van der Waals surface area (Å²) in [4.78, 5) is 20.0. The lowest BCUT2D eigenvalue weighted by molar-refractivity contribution is -0.384. The standard InChI is InChI=1S/C14H9N3O2S/c18-17(19)11-5-3-10(4-6-11)14-15-8-7-12(16-14)13-2-1-9-20-13/h1-9H. The molecule has 0 fully saturated rings. The molecule has 0 aliphatic carbocycles. The van der Waals surface area contributed by atoms with Gasteiger partial charge in [-0.15, -0.1) is 11.3 Å². The molecule has 0 N–H and O–H groups in total. The van der Waals surface area contributed by atoms with E-state index in [1.807, 2.05) is 23.6 Å². The SMILES string of the molecule is O=[N+]([O-])c1ccc(-c2nccc(-c3cccs3)n2)cc1. The second-order valence-electron chi connectivity index (χ2n) is 4.05. The normalized spacial score (nSPS) is 10.4. The molecular formula is C14H9N3O2S. The minimum absolute atomic E-state index is 0.0585. The Hall–Kier alpha value is -2.60. The second-order valence-corrected chi connectivity index (χ2v) is 4.99. The molecule has 0 saturated heterocycles. The van der Waals surface area contributed by atoms with E-state index in [1.54, 1.807) is 29.7 Å². The zero-order valence-corrected chi connectivity index (χ0v) is 11.1. The van der Waals surface area contributed by atoms with Crippen LogP contribution in [0.3, 0.4) is 0 Å². The lowest BCUT2D eigenvalue weighted by Gasteiger charge is -2.02. The first kappa shape index (κ1) is 12.4. The quantitative estimate of drug-likeness (QED) is 0.542. The molecule has 0 radical (unpaired) electrons. The third kappa shape index (κ3) is 2.41. The number of aromatic nitrogens is 2. The van der Waals surface area contributed by atoms with Gasteiger partial charge in [0.15, 0.2) is 5.82 Å². The predicted molar refractivity (Wildman–Crippen MR) is 77.4 cm³/mol. The van der Waals surface area contributed by atoms with Gasteiger partial charge in [0.25, 0.3) is 5.69 Å². The van der Waals surface area contributed by atoms with E-state index in [0.29, 0.717) is 5.82 Å². The largest absolute Gasteiger partial charge is 0.269 e. The first-order chi connectivity index (χ1) is 9.74. The van der Waals surface area contributed by atoms with Crippen LogP contribution in [0.15, 0.2) is 54.0 Å². The fraction of sp³-hybridized carbons (Fsp3) is 0. The fourth-order valence-corrected chi connectivity index (χ4v) is 2.49. The Kier molecular flexibility index (Phi) is 3.22. The zero-order valence-electron chi connectivity index (χ0n) is 10.3. The van der Waals surface area contributed by atoms with Crippen molar-refractivity contribution in [3.05, 3.63) is 64.2 Å². The maximum atomic E-state index is 10.6. The van der Waals surface area contributed by atoms with Crippen molar-refractivity contribution in [3.63, 3.8) is 0 Å². The van der Waals surface area contributed by atoms with E-state index in [1.165, 1.54) is 12.1 Å². The van der Waals surface area contributed by atoms with E-state index in [4.69, 9.17) is 0 Å². The summed E-state index contributed by atoms with van der Waals surface area (Å²) in [6.45, 7) is 0. The molecule has 3 rings (SSSR count). The summed E-state index contributed by atoms with van der Waals surface area (Å²) in [5, 5.41) is 12.6. The number of nitro benzene ring substituents is 1. The number of nitrogens with zero attached hydrogens (tertiary/aromatic N) is 3. The maximum Gasteiger partial charge on any atom is 0.269 e. The average molecular weight is 283 g/mol. The minimum Gasteiger partial charge on any atom is -0.258 e. The van der Waals surface area contributed by atoms with E-state index >= 15 is 0 Å². The first-order valence-electron chi connectivity index (χ1n) is 5.86. The van der Waals surface area contributed by atoms with Crippen molar-refractivity contribution in [1.29, 1.82) is 0 Å². The molecule has 0 saturated carbocycles. The molecule has 0 unspecified atom stereocenters. The molecule has 3 aromatic rings. The molecule has 2 aromatic heterocycles. The Morgan fingerprint density at radius 3 is 2.55 bits per heavy atom. The summed E-state index contributed by atoms with van der Waals surface area (Å²) < 4.78 is 0. The Labute approximate surface area is 118 Å². The molecule has 0 aliphatic rings. The Morgan fingerprint density at radius 1 is 1.10 bits per heavy atom. The van der Waals surface area contributed by atoms with Gasteiger partial charge in [-0.2, -0.15) is 0 Å². The monoisotopic (exact) mass is 283 g/mol. The molecule has 98 valence electrons. The van der Waals surface area contributed by atoms with Crippen LogP contribution in [-0.2, 0) is 0 Å². The topological polar surface area (TPSA) is 68.9 Å². The molecule has 1 aromatic carbocycles. The Balaban J connectivity index is 1.98. The van der Waals surface area contributed by atoms with Gasteiger partial charge in [-0.1, -0.05) is 6.07 Å². The third-order valence-electron chi connectivity index (χ3n) is 2.77. The van der Waals surface area contributed by atoms with Crippen LogP contribution in [0.25, 0.3) is 22.0 Å². The van der Waals surface area contributed by atoms with Gasteiger partial charge in [0.05, 0.1) is 15.5 Å². The van der Waals surface area contributed by atoms with Crippen molar-refractivity contribution in [2.24, 2.45) is 0 Å². The van der Waals surface area contributed by atoms with Crippen molar-refractivity contribution >= 4 is 17.0 Å². The molecule has 0 aliphatic heterocycles. The number of benzene rings is 1. The van der Waals surface area contributed by atoms with Crippen LogP contribution in [0.1, 0.15) is 0 Å². The van der Waals surface area contributed by atoms with Gasteiger partial charge in [0.1, 0.15) is 0 Å². The number of non-ortho nitro benzene ring substituents is 1.